The van der Waals surface area contributed by atoms with E-state index in [4.69, 9.17) is 4.74 Å². The second kappa shape index (κ2) is 6.87. The van der Waals surface area contributed by atoms with Crippen LogP contribution in [-0.4, -0.2) is 44.9 Å². The summed E-state index contributed by atoms with van der Waals surface area (Å²) in [6.45, 7) is 2.38. The lowest BCUT2D eigenvalue weighted by atomic mass is 9.95. The Morgan fingerprint density at radius 2 is 2.04 bits per heavy atom. The quantitative estimate of drug-likeness (QED) is 0.568. The van der Waals surface area contributed by atoms with E-state index < -0.39 is 6.04 Å². The number of para-hydroxylation sites is 1. The predicted octanol–water partition coefficient (Wildman–Crippen LogP) is 3.82. The van der Waals surface area contributed by atoms with Gasteiger partial charge in [0.2, 0.25) is 0 Å². The number of rotatable bonds is 4. The van der Waals surface area contributed by atoms with Gasteiger partial charge >= 0.3 is 0 Å². The molecule has 1 amide bonds. The van der Waals surface area contributed by atoms with Crippen LogP contribution in [0.5, 0.6) is 17.2 Å². The van der Waals surface area contributed by atoms with Crippen molar-refractivity contribution in [3.05, 3.63) is 57.7 Å². The summed E-state index contributed by atoms with van der Waals surface area (Å²) in [6.07, 6.45) is 0. The number of aromatic amines is 1. The van der Waals surface area contributed by atoms with Crippen LogP contribution >= 0.6 is 15.9 Å². The van der Waals surface area contributed by atoms with E-state index in [1.807, 2.05) is 6.92 Å². The van der Waals surface area contributed by atoms with Gasteiger partial charge in [-0.15, -0.1) is 0 Å². The number of carbonyl (C=O) groups excluding carboxylic acids is 1. The fraction of sp³-hybridized carbons (Fsp3) is 0.200. The monoisotopic (exact) mass is 443 g/mol. The zero-order valence-corrected chi connectivity index (χ0v) is 16.8. The van der Waals surface area contributed by atoms with Crippen molar-refractivity contribution in [3.8, 4) is 28.5 Å². The molecule has 0 aliphatic carbocycles. The molecule has 2 aromatic carbocycles. The Balaban J connectivity index is 1.95. The van der Waals surface area contributed by atoms with Crippen molar-refractivity contribution in [2.24, 2.45) is 0 Å². The summed E-state index contributed by atoms with van der Waals surface area (Å²) in [4.78, 5) is 14.7. The highest BCUT2D eigenvalue weighted by atomic mass is 79.9. The van der Waals surface area contributed by atoms with Crippen molar-refractivity contribution in [3.63, 3.8) is 0 Å². The Labute approximate surface area is 169 Å². The van der Waals surface area contributed by atoms with Crippen LogP contribution in [0.3, 0.4) is 0 Å². The lowest BCUT2D eigenvalue weighted by molar-refractivity contribution is 0.0753. The topological polar surface area (TPSA) is 98.7 Å². The molecule has 144 valence electrons. The number of benzene rings is 2. The molecule has 1 atom stereocenters. The molecule has 0 fully saturated rings. The number of nitrogens with zero attached hydrogens (tertiary/aromatic N) is 2. The fourth-order valence-corrected chi connectivity index (χ4v) is 4.12. The third-order valence-electron chi connectivity index (χ3n) is 4.95. The summed E-state index contributed by atoms with van der Waals surface area (Å²) < 4.78 is 5.74. The summed E-state index contributed by atoms with van der Waals surface area (Å²) in [5.74, 6) is 0.211. The number of aromatic hydroxyl groups is 2. The molecule has 0 saturated carbocycles. The molecule has 1 aromatic heterocycles. The number of methoxy groups -OCH3 is 1. The molecule has 0 saturated heterocycles. The van der Waals surface area contributed by atoms with Crippen molar-refractivity contribution in [2.75, 3.05) is 13.7 Å². The highest BCUT2D eigenvalue weighted by molar-refractivity contribution is 9.10. The molecule has 0 radical (unpaired) electrons. The lowest BCUT2D eigenvalue weighted by Gasteiger charge is -2.25. The van der Waals surface area contributed by atoms with Crippen molar-refractivity contribution >= 4 is 21.8 Å². The molecule has 0 spiro atoms. The van der Waals surface area contributed by atoms with E-state index in [-0.39, 0.29) is 17.4 Å². The van der Waals surface area contributed by atoms with E-state index in [9.17, 15) is 15.0 Å². The van der Waals surface area contributed by atoms with E-state index in [2.05, 4.69) is 26.1 Å². The summed E-state index contributed by atoms with van der Waals surface area (Å²) in [5, 5.41) is 27.6. The highest BCUT2D eigenvalue weighted by Crippen LogP contribution is 2.47. The molecule has 1 aliphatic heterocycles. The predicted molar refractivity (Wildman–Crippen MR) is 107 cm³/mol. The maximum Gasteiger partial charge on any atom is 0.273 e. The number of phenolic OH excluding ortho intramolecular Hbond substituents is 2. The SMILES string of the molecule is CCN1C(=O)c2[nH]nc(-c3ccccc3O)c2[C@@H]1c1cc(Br)c(O)c(OC)c1. The van der Waals surface area contributed by atoms with E-state index in [1.165, 1.54) is 7.11 Å². The van der Waals surface area contributed by atoms with Gasteiger partial charge in [-0.25, -0.2) is 0 Å². The number of ether oxygens (including phenoxy) is 1. The van der Waals surface area contributed by atoms with Gasteiger partial charge in [-0.05, 0) is 52.7 Å². The fourth-order valence-electron chi connectivity index (χ4n) is 3.66. The largest absolute Gasteiger partial charge is 0.507 e. The molecule has 3 N–H and O–H groups in total. The number of hydrogen-bond donors (Lipinski definition) is 3. The highest BCUT2D eigenvalue weighted by Gasteiger charge is 2.42. The average molecular weight is 444 g/mol. The first kappa shape index (κ1) is 18.4. The summed E-state index contributed by atoms with van der Waals surface area (Å²) in [7, 11) is 1.47. The van der Waals surface area contributed by atoms with E-state index >= 15 is 0 Å². The molecule has 0 unspecified atom stereocenters. The first-order chi connectivity index (χ1) is 13.5. The number of carbonyl (C=O) groups is 1. The normalized spacial score (nSPS) is 15.8. The lowest BCUT2D eigenvalue weighted by Crippen LogP contribution is -2.29. The van der Waals surface area contributed by atoms with Crippen LogP contribution < -0.4 is 4.74 Å². The molecule has 7 nitrogen and oxygen atoms in total. The second-order valence-corrected chi connectivity index (χ2v) is 7.28. The maximum absolute atomic E-state index is 12.9. The molecular formula is C20H18BrN3O4. The molecule has 2 heterocycles. The van der Waals surface area contributed by atoms with Crippen molar-refractivity contribution in [1.82, 2.24) is 15.1 Å². The van der Waals surface area contributed by atoms with Crippen molar-refractivity contribution in [2.45, 2.75) is 13.0 Å². The number of hydrogen-bond acceptors (Lipinski definition) is 5. The van der Waals surface area contributed by atoms with Crippen LogP contribution in [0.4, 0.5) is 0 Å². The molecule has 4 rings (SSSR count). The van der Waals surface area contributed by atoms with Crippen LogP contribution in [0.2, 0.25) is 0 Å². The third kappa shape index (κ3) is 2.63. The van der Waals surface area contributed by atoms with Crippen molar-refractivity contribution < 1.29 is 19.7 Å². The Morgan fingerprint density at radius 3 is 2.71 bits per heavy atom. The van der Waals surface area contributed by atoms with Gasteiger partial charge in [-0.2, -0.15) is 5.10 Å². The second-order valence-electron chi connectivity index (χ2n) is 6.43. The summed E-state index contributed by atoms with van der Waals surface area (Å²) >= 11 is 3.35. The van der Waals surface area contributed by atoms with Gasteiger partial charge in [0.1, 0.15) is 17.1 Å². The third-order valence-corrected chi connectivity index (χ3v) is 5.55. The van der Waals surface area contributed by atoms with Crippen LogP contribution in [-0.2, 0) is 0 Å². The zero-order chi connectivity index (χ0) is 20.0. The van der Waals surface area contributed by atoms with E-state index in [0.29, 0.717) is 39.3 Å². The summed E-state index contributed by atoms with van der Waals surface area (Å²) in [6, 6.07) is 9.91. The molecular weight excluding hydrogens is 426 g/mol. The molecule has 0 bridgehead atoms. The van der Waals surface area contributed by atoms with Crippen LogP contribution in [0.1, 0.15) is 34.6 Å². The minimum atomic E-state index is -0.438. The van der Waals surface area contributed by atoms with Crippen LogP contribution in [0.15, 0.2) is 40.9 Å². The number of halogens is 1. The number of phenols is 2. The number of nitrogens with one attached hydrogen (secondary N) is 1. The van der Waals surface area contributed by atoms with Gasteiger partial charge < -0.3 is 19.8 Å². The Morgan fingerprint density at radius 1 is 1.29 bits per heavy atom. The van der Waals surface area contributed by atoms with E-state index in [0.717, 1.165) is 5.56 Å². The average Bonchev–Trinajstić information content (AvgIpc) is 3.23. The summed E-state index contributed by atoms with van der Waals surface area (Å²) in [5.41, 5.74) is 2.90. The Hall–Kier alpha value is -3.00. The minimum absolute atomic E-state index is 0.00744. The Bertz CT molecular complexity index is 1080. The molecule has 1 aliphatic rings. The minimum Gasteiger partial charge on any atom is -0.507 e. The number of aromatic nitrogens is 2. The standard InChI is InChI=1S/C20H18BrN3O4/c1-3-24-18(10-8-12(21)19(26)14(9-10)28-2)15-16(22-23-17(15)20(24)27)11-6-4-5-7-13(11)25/h4-9,18,25-26H,3H2,1-2H3,(H,22,23)/t18-/m0/s1. The van der Waals surface area contributed by atoms with Gasteiger partial charge in [0.25, 0.3) is 5.91 Å². The first-order valence-corrected chi connectivity index (χ1v) is 9.51. The van der Waals surface area contributed by atoms with Gasteiger partial charge in [0.05, 0.1) is 17.6 Å². The molecule has 3 aromatic rings. The van der Waals surface area contributed by atoms with E-state index in [1.54, 1.807) is 41.3 Å². The van der Waals surface area contributed by atoms with Gasteiger partial charge in [0, 0.05) is 17.7 Å². The van der Waals surface area contributed by atoms with Crippen LogP contribution in [0, 0.1) is 0 Å². The smallest absolute Gasteiger partial charge is 0.273 e. The van der Waals surface area contributed by atoms with Crippen LogP contribution in [0.25, 0.3) is 11.3 Å². The Kier molecular flexibility index (Phi) is 4.50. The van der Waals surface area contributed by atoms with Gasteiger partial charge in [-0.3, -0.25) is 9.89 Å². The van der Waals surface area contributed by atoms with Gasteiger partial charge in [0.15, 0.2) is 11.5 Å². The number of H-pyrrole nitrogens is 1. The maximum atomic E-state index is 12.9. The van der Waals surface area contributed by atoms with Crippen molar-refractivity contribution in [1.29, 1.82) is 0 Å². The van der Waals surface area contributed by atoms with Gasteiger partial charge in [-0.1, -0.05) is 12.1 Å². The molecule has 8 heteroatoms. The zero-order valence-electron chi connectivity index (χ0n) is 15.2. The first-order valence-electron chi connectivity index (χ1n) is 8.71. The molecule has 28 heavy (non-hydrogen) atoms. The number of fused-ring (bicyclic) bond motifs is 1. The number of amides is 1.